The SMILES string of the molecule is CCN(CC)S(=O)(=O)c1ccc(C=CC(=O)OCCOc2ccc(Br)cc2)cc1. The van der Waals surface area contributed by atoms with E-state index >= 15 is 0 Å². The van der Waals surface area contributed by atoms with E-state index in [4.69, 9.17) is 9.47 Å². The molecule has 0 N–H and O–H groups in total. The Morgan fingerprint density at radius 1 is 1.00 bits per heavy atom. The summed E-state index contributed by atoms with van der Waals surface area (Å²) in [6.07, 6.45) is 2.87. The summed E-state index contributed by atoms with van der Waals surface area (Å²) in [6, 6.07) is 13.7. The second kappa shape index (κ2) is 11.1. The lowest BCUT2D eigenvalue weighted by atomic mass is 10.2. The topological polar surface area (TPSA) is 72.9 Å². The van der Waals surface area contributed by atoms with Gasteiger partial charge in [0.25, 0.3) is 0 Å². The van der Waals surface area contributed by atoms with Crippen molar-refractivity contribution in [2.45, 2.75) is 18.7 Å². The number of benzene rings is 2. The van der Waals surface area contributed by atoms with Crippen LogP contribution in [0.5, 0.6) is 5.75 Å². The normalized spacial score (nSPS) is 11.7. The summed E-state index contributed by atoms with van der Waals surface area (Å²) in [6.45, 7) is 4.80. The van der Waals surface area contributed by atoms with Gasteiger partial charge in [0.2, 0.25) is 10.0 Å². The molecular formula is C21H24BrNO5S. The van der Waals surface area contributed by atoms with Crippen LogP contribution in [0.15, 0.2) is 64.0 Å². The molecule has 6 nitrogen and oxygen atoms in total. The minimum Gasteiger partial charge on any atom is -0.490 e. The van der Waals surface area contributed by atoms with Crippen molar-refractivity contribution >= 4 is 38.0 Å². The molecule has 0 unspecified atom stereocenters. The number of nitrogens with zero attached hydrogens (tertiary/aromatic N) is 1. The van der Waals surface area contributed by atoms with Gasteiger partial charge in [-0.3, -0.25) is 0 Å². The summed E-state index contributed by atoms with van der Waals surface area (Å²) >= 11 is 3.34. The predicted octanol–water partition coefficient (Wildman–Crippen LogP) is 4.12. The summed E-state index contributed by atoms with van der Waals surface area (Å²) in [5, 5.41) is 0. The van der Waals surface area contributed by atoms with Gasteiger partial charge in [0.15, 0.2) is 0 Å². The van der Waals surface area contributed by atoms with Crippen LogP contribution in [0.3, 0.4) is 0 Å². The minimum atomic E-state index is -3.49. The predicted molar refractivity (Wildman–Crippen MR) is 116 cm³/mol. The second-order valence-electron chi connectivity index (χ2n) is 5.96. The number of ether oxygens (including phenoxy) is 2. The first kappa shape index (κ1) is 23.1. The molecule has 2 rings (SSSR count). The molecule has 0 aliphatic rings. The van der Waals surface area contributed by atoms with Crippen LogP contribution in [-0.2, 0) is 19.6 Å². The number of esters is 1. The van der Waals surface area contributed by atoms with Gasteiger partial charge in [0.05, 0.1) is 4.90 Å². The van der Waals surface area contributed by atoms with Crippen molar-refractivity contribution in [3.8, 4) is 5.75 Å². The molecule has 0 aromatic heterocycles. The van der Waals surface area contributed by atoms with Crippen molar-refractivity contribution in [2.75, 3.05) is 26.3 Å². The Labute approximate surface area is 180 Å². The smallest absolute Gasteiger partial charge is 0.330 e. The Morgan fingerprint density at radius 3 is 2.21 bits per heavy atom. The fraction of sp³-hybridized carbons (Fsp3) is 0.286. The Morgan fingerprint density at radius 2 is 1.62 bits per heavy atom. The third kappa shape index (κ3) is 6.99. The van der Waals surface area contributed by atoms with E-state index in [9.17, 15) is 13.2 Å². The number of sulfonamides is 1. The fourth-order valence-corrected chi connectivity index (χ4v) is 4.23. The summed E-state index contributed by atoms with van der Waals surface area (Å²) in [5.74, 6) is 0.198. The Balaban J connectivity index is 1.83. The zero-order valence-electron chi connectivity index (χ0n) is 16.4. The van der Waals surface area contributed by atoms with Gasteiger partial charge in [-0.25, -0.2) is 13.2 Å². The minimum absolute atomic E-state index is 0.125. The number of rotatable bonds is 10. The highest BCUT2D eigenvalue weighted by atomic mass is 79.9. The van der Waals surface area contributed by atoms with Crippen molar-refractivity contribution in [3.63, 3.8) is 0 Å². The van der Waals surface area contributed by atoms with Crippen LogP contribution >= 0.6 is 15.9 Å². The number of carbonyl (C=O) groups excluding carboxylic acids is 1. The average molecular weight is 482 g/mol. The Hall–Kier alpha value is -2.16. The van der Waals surface area contributed by atoms with E-state index in [1.807, 2.05) is 24.3 Å². The summed E-state index contributed by atoms with van der Waals surface area (Å²) in [7, 11) is -3.49. The highest BCUT2D eigenvalue weighted by Gasteiger charge is 2.20. The van der Waals surface area contributed by atoms with Gasteiger partial charge < -0.3 is 9.47 Å². The lowest BCUT2D eigenvalue weighted by Crippen LogP contribution is -2.30. The van der Waals surface area contributed by atoms with E-state index in [-0.39, 0.29) is 18.1 Å². The third-order valence-electron chi connectivity index (χ3n) is 4.05. The lowest BCUT2D eigenvalue weighted by molar-refractivity contribution is -0.138. The van der Waals surface area contributed by atoms with Gasteiger partial charge in [0.1, 0.15) is 19.0 Å². The van der Waals surface area contributed by atoms with Crippen LogP contribution in [0.2, 0.25) is 0 Å². The first-order valence-electron chi connectivity index (χ1n) is 9.20. The van der Waals surface area contributed by atoms with Gasteiger partial charge in [-0.2, -0.15) is 4.31 Å². The summed E-state index contributed by atoms with van der Waals surface area (Å²) < 4.78 is 37.8. The first-order valence-corrected chi connectivity index (χ1v) is 11.4. The van der Waals surface area contributed by atoms with E-state index in [0.29, 0.717) is 24.4 Å². The number of halogens is 1. The molecule has 0 heterocycles. The molecule has 29 heavy (non-hydrogen) atoms. The molecule has 0 saturated carbocycles. The first-order chi connectivity index (χ1) is 13.9. The highest BCUT2D eigenvalue weighted by molar-refractivity contribution is 9.10. The zero-order chi connectivity index (χ0) is 21.3. The monoisotopic (exact) mass is 481 g/mol. The standard InChI is InChI=1S/C21H24BrNO5S/c1-3-23(4-2)29(25,26)20-12-5-17(6-13-20)7-14-21(24)28-16-15-27-19-10-8-18(22)9-11-19/h5-14H,3-4,15-16H2,1-2H3. The fourth-order valence-electron chi connectivity index (χ4n) is 2.51. The van der Waals surface area contributed by atoms with Crippen LogP contribution in [0, 0.1) is 0 Å². The summed E-state index contributed by atoms with van der Waals surface area (Å²) in [4.78, 5) is 12.0. The van der Waals surface area contributed by atoms with Crippen LogP contribution < -0.4 is 4.74 Å². The number of hydrogen-bond acceptors (Lipinski definition) is 5. The summed E-state index contributed by atoms with van der Waals surface area (Å²) in [5.41, 5.74) is 0.701. The molecule has 0 saturated heterocycles. The van der Waals surface area contributed by atoms with Gasteiger partial charge in [-0.15, -0.1) is 0 Å². The molecule has 0 amide bonds. The van der Waals surface area contributed by atoms with Crippen LogP contribution in [-0.4, -0.2) is 45.0 Å². The lowest BCUT2D eigenvalue weighted by Gasteiger charge is -2.18. The molecular weight excluding hydrogens is 458 g/mol. The maximum Gasteiger partial charge on any atom is 0.330 e. The van der Waals surface area contributed by atoms with Crippen LogP contribution in [0.1, 0.15) is 19.4 Å². The molecule has 0 aliphatic carbocycles. The molecule has 0 spiro atoms. The third-order valence-corrected chi connectivity index (χ3v) is 6.64. The highest BCUT2D eigenvalue weighted by Crippen LogP contribution is 2.17. The number of hydrogen-bond donors (Lipinski definition) is 0. The molecule has 0 fully saturated rings. The maximum atomic E-state index is 12.5. The van der Waals surface area contributed by atoms with Crippen LogP contribution in [0.25, 0.3) is 6.08 Å². The van der Waals surface area contributed by atoms with Crippen molar-refractivity contribution in [3.05, 3.63) is 64.6 Å². The van der Waals surface area contributed by atoms with Crippen molar-refractivity contribution in [2.24, 2.45) is 0 Å². The largest absolute Gasteiger partial charge is 0.490 e. The molecule has 2 aromatic rings. The maximum absolute atomic E-state index is 12.5. The Bertz CT molecular complexity index is 921. The molecule has 2 aromatic carbocycles. The molecule has 0 aliphatic heterocycles. The van der Waals surface area contributed by atoms with Gasteiger partial charge in [0, 0.05) is 23.6 Å². The molecule has 0 radical (unpaired) electrons. The molecule has 156 valence electrons. The quantitative estimate of drug-likeness (QED) is 0.290. The van der Waals surface area contributed by atoms with E-state index < -0.39 is 16.0 Å². The van der Waals surface area contributed by atoms with Gasteiger partial charge in [-0.05, 0) is 48.0 Å². The molecule has 0 atom stereocenters. The zero-order valence-corrected chi connectivity index (χ0v) is 18.8. The molecule has 8 heteroatoms. The molecule has 0 bridgehead atoms. The van der Waals surface area contributed by atoms with Crippen molar-refractivity contribution in [1.29, 1.82) is 0 Å². The van der Waals surface area contributed by atoms with Gasteiger partial charge in [-0.1, -0.05) is 41.9 Å². The Kier molecular flexibility index (Phi) is 8.88. The second-order valence-corrected chi connectivity index (χ2v) is 8.82. The van der Waals surface area contributed by atoms with E-state index in [1.54, 1.807) is 32.1 Å². The van der Waals surface area contributed by atoms with Crippen LogP contribution in [0.4, 0.5) is 0 Å². The van der Waals surface area contributed by atoms with Crippen molar-refractivity contribution < 1.29 is 22.7 Å². The average Bonchev–Trinajstić information content (AvgIpc) is 2.72. The number of carbonyl (C=O) groups is 1. The van der Waals surface area contributed by atoms with Crippen molar-refractivity contribution in [1.82, 2.24) is 4.31 Å². The van der Waals surface area contributed by atoms with E-state index in [1.165, 1.54) is 22.5 Å². The van der Waals surface area contributed by atoms with E-state index in [0.717, 1.165) is 4.47 Å². The van der Waals surface area contributed by atoms with Gasteiger partial charge >= 0.3 is 5.97 Å². The van der Waals surface area contributed by atoms with E-state index in [2.05, 4.69) is 15.9 Å².